The summed E-state index contributed by atoms with van der Waals surface area (Å²) in [6, 6.07) is 7.93. The monoisotopic (exact) mass is 267 g/mol. The maximum Gasteiger partial charge on any atom is 0.0178 e. The van der Waals surface area contributed by atoms with E-state index in [2.05, 4.69) is 53.3 Å². The summed E-state index contributed by atoms with van der Waals surface area (Å²) in [4.78, 5) is 0. The normalized spacial score (nSPS) is 20.4. The molecule has 0 bridgehead atoms. The standard InChI is InChI=1S/C13H18BrN/c1-9(2)15-13-6-4-10-7-12(14)5-3-11(10)8-13/h3,5,7,9,13,15H,4,6,8H2,1-2H3. The molecule has 1 atom stereocenters. The lowest BCUT2D eigenvalue weighted by molar-refractivity contribution is 0.421. The van der Waals surface area contributed by atoms with Gasteiger partial charge in [0.2, 0.25) is 0 Å². The van der Waals surface area contributed by atoms with Crippen LogP contribution in [0, 0.1) is 0 Å². The van der Waals surface area contributed by atoms with E-state index in [-0.39, 0.29) is 0 Å². The lowest BCUT2D eigenvalue weighted by atomic mass is 9.88. The van der Waals surface area contributed by atoms with Gasteiger partial charge < -0.3 is 5.32 Å². The van der Waals surface area contributed by atoms with Crippen molar-refractivity contribution in [3.8, 4) is 0 Å². The van der Waals surface area contributed by atoms with Crippen molar-refractivity contribution in [2.75, 3.05) is 0 Å². The summed E-state index contributed by atoms with van der Waals surface area (Å²) < 4.78 is 1.21. The van der Waals surface area contributed by atoms with E-state index < -0.39 is 0 Å². The Bertz CT molecular complexity index is 346. The van der Waals surface area contributed by atoms with E-state index in [9.17, 15) is 0 Å². The molecule has 0 saturated carbocycles. The first-order chi connectivity index (χ1) is 7.15. The van der Waals surface area contributed by atoms with Gasteiger partial charge in [0.1, 0.15) is 0 Å². The molecule has 0 aromatic heterocycles. The summed E-state index contributed by atoms with van der Waals surface area (Å²) in [5.74, 6) is 0. The molecule has 1 aliphatic rings. The Morgan fingerprint density at radius 1 is 1.33 bits per heavy atom. The van der Waals surface area contributed by atoms with Gasteiger partial charge in [-0.25, -0.2) is 0 Å². The van der Waals surface area contributed by atoms with Gasteiger partial charge >= 0.3 is 0 Å². The molecule has 1 N–H and O–H groups in total. The predicted molar refractivity (Wildman–Crippen MR) is 68.2 cm³/mol. The highest BCUT2D eigenvalue weighted by molar-refractivity contribution is 9.10. The fourth-order valence-corrected chi connectivity index (χ4v) is 2.75. The van der Waals surface area contributed by atoms with E-state index in [1.165, 1.54) is 34.9 Å². The molecule has 2 heteroatoms. The summed E-state index contributed by atoms with van der Waals surface area (Å²) in [5.41, 5.74) is 3.04. The Hall–Kier alpha value is -0.340. The molecule has 1 nitrogen and oxygen atoms in total. The SMILES string of the molecule is CC(C)NC1CCc2cc(Br)ccc2C1. The van der Waals surface area contributed by atoms with Crippen molar-refractivity contribution < 1.29 is 0 Å². The number of benzene rings is 1. The molecule has 1 unspecified atom stereocenters. The van der Waals surface area contributed by atoms with Gasteiger partial charge in [-0.15, -0.1) is 0 Å². The van der Waals surface area contributed by atoms with E-state index in [4.69, 9.17) is 0 Å². The molecule has 0 spiro atoms. The van der Waals surface area contributed by atoms with Gasteiger partial charge in [0, 0.05) is 16.6 Å². The van der Waals surface area contributed by atoms with Gasteiger partial charge in [-0.3, -0.25) is 0 Å². The van der Waals surface area contributed by atoms with Crippen LogP contribution < -0.4 is 5.32 Å². The first-order valence-electron chi connectivity index (χ1n) is 5.68. The fraction of sp³-hybridized carbons (Fsp3) is 0.538. The zero-order valence-corrected chi connectivity index (χ0v) is 11.0. The van der Waals surface area contributed by atoms with Crippen molar-refractivity contribution in [1.82, 2.24) is 5.32 Å². The summed E-state index contributed by atoms with van der Waals surface area (Å²) in [5, 5.41) is 3.63. The maximum absolute atomic E-state index is 3.63. The first kappa shape index (κ1) is 11.2. The minimum Gasteiger partial charge on any atom is -0.311 e. The molecule has 82 valence electrons. The van der Waals surface area contributed by atoms with E-state index in [1.807, 2.05) is 0 Å². The van der Waals surface area contributed by atoms with Crippen LogP contribution in [0.2, 0.25) is 0 Å². The number of nitrogens with one attached hydrogen (secondary N) is 1. The Morgan fingerprint density at radius 3 is 2.87 bits per heavy atom. The molecule has 0 radical (unpaired) electrons. The van der Waals surface area contributed by atoms with Crippen molar-refractivity contribution in [1.29, 1.82) is 0 Å². The van der Waals surface area contributed by atoms with Crippen LogP contribution >= 0.6 is 15.9 Å². The van der Waals surface area contributed by atoms with Gasteiger partial charge in [0.15, 0.2) is 0 Å². The van der Waals surface area contributed by atoms with Gasteiger partial charge in [-0.1, -0.05) is 35.8 Å². The van der Waals surface area contributed by atoms with Crippen LogP contribution in [0.25, 0.3) is 0 Å². The molecule has 1 aromatic carbocycles. The highest BCUT2D eigenvalue weighted by atomic mass is 79.9. The lowest BCUT2D eigenvalue weighted by Crippen LogP contribution is -2.38. The van der Waals surface area contributed by atoms with Gasteiger partial charge in [0.25, 0.3) is 0 Å². The first-order valence-corrected chi connectivity index (χ1v) is 6.48. The second kappa shape index (κ2) is 4.67. The minimum absolute atomic E-state index is 0.590. The smallest absolute Gasteiger partial charge is 0.0178 e. The molecule has 0 heterocycles. The van der Waals surface area contributed by atoms with E-state index >= 15 is 0 Å². The molecule has 0 amide bonds. The number of hydrogen-bond acceptors (Lipinski definition) is 1. The molecule has 2 rings (SSSR count). The largest absolute Gasteiger partial charge is 0.311 e. The average Bonchev–Trinajstić information content (AvgIpc) is 2.17. The van der Waals surface area contributed by atoms with E-state index in [0.717, 1.165) is 0 Å². The number of halogens is 1. The van der Waals surface area contributed by atoms with E-state index in [0.29, 0.717) is 12.1 Å². The zero-order valence-electron chi connectivity index (χ0n) is 9.39. The number of hydrogen-bond donors (Lipinski definition) is 1. The third-order valence-corrected chi connectivity index (χ3v) is 3.46. The molecule has 15 heavy (non-hydrogen) atoms. The summed E-state index contributed by atoms with van der Waals surface area (Å²) in [7, 11) is 0. The highest BCUT2D eigenvalue weighted by Crippen LogP contribution is 2.24. The van der Waals surface area contributed by atoms with Crippen LogP contribution in [0.5, 0.6) is 0 Å². The molecular formula is C13H18BrN. The Morgan fingerprint density at radius 2 is 2.13 bits per heavy atom. The van der Waals surface area contributed by atoms with Crippen molar-refractivity contribution in [2.45, 2.75) is 45.2 Å². The Labute approximate surface area is 100 Å². The van der Waals surface area contributed by atoms with Crippen LogP contribution in [0.15, 0.2) is 22.7 Å². The number of fused-ring (bicyclic) bond motifs is 1. The Balaban J connectivity index is 2.10. The van der Waals surface area contributed by atoms with E-state index in [1.54, 1.807) is 0 Å². The van der Waals surface area contributed by atoms with Crippen LogP contribution in [-0.2, 0) is 12.8 Å². The van der Waals surface area contributed by atoms with Crippen LogP contribution in [0.3, 0.4) is 0 Å². The molecule has 1 aliphatic carbocycles. The number of aryl methyl sites for hydroxylation is 1. The van der Waals surface area contributed by atoms with Crippen LogP contribution in [0.4, 0.5) is 0 Å². The molecule has 0 aliphatic heterocycles. The fourth-order valence-electron chi connectivity index (χ4n) is 2.34. The third-order valence-electron chi connectivity index (χ3n) is 2.97. The molecule has 1 aromatic rings. The van der Waals surface area contributed by atoms with Crippen molar-refractivity contribution in [2.24, 2.45) is 0 Å². The van der Waals surface area contributed by atoms with Crippen molar-refractivity contribution >= 4 is 15.9 Å². The third kappa shape index (κ3) is 2.82. The van der Waals surface area contributed by atoms with Gasteiger partial charge in [0.05, 0.1) is 0 Å². The minimum atomic E-state index is 0.590. The molecule has 0 fully saturated rings. The average molecular weight is 268 g/mol. The van der Waals surface area contributed by atoms with Gasteiger partial charge in [-0.2, -0.15) is 0 Å². The summed E-state index contributed by atoms with van der Waals surface area (Å²) >= 11 is 3.53. The maximum atomic E-state index is 3.63. The molecule has 0 saturated heterocycles. The highest BCUT2D eigenvalue weighted by Gasteiger charge is 2.18. The zero-order chi connectivity index (χ0) is 10.8. The second-order valence-corrected chi connectivity index (χ2v) is 5.59. The Kier molecular flexibility index (Phi) is 3.47. The van der Waals surface area contributed by atoms with Crippen LogP contribution in [0.1, 0.15) is 31.4 Å². The lowest BCUT2D eigenvalue weighted by Gasteiger charge is -2.27. The number of rotatable bonds is 2. The van der Waals surface area contributed by atoms with Gasteiger partial charge in [-0.05, 0) is 42.5 Å². The second-order valence-electron chi connectivity index (χ2n) is 4.67. The van der Waals surface area contributed by atoms with Crippen molar-refractivity contribution in [3.05, 3.63) is 33.8 Å². The topological polar surface area (TPSA) is 12.0 Å². The van der Waals surface area contributed by atoms with Crippen molar-refractivity contribution in [3.63, 3.8) is 0 Å². The molecular weight excluding hydrogens is 250 g/mol. The quantitative estimate of drug-likeness (QED) is 0.867. The van der Waals surface area contributed by atoms with Crippen LogP contribution in [-0.4, -0.2) is 12.1 Å². The predicted octanol–water partition coefficient (Wildman–Crippen LogP) is 3.30. The summed E-state index contributed by atoms with van der Waals surface area (Å²) in [6.07, 6.45) is 3.65. The summed E-state index contributed by atoms with van der Waals surface area (Å²) in [6.45, 7) is 4.44.